The summed E-state index contributed by atoms with van der Waals surface area (Å²) in [7, 11) is 0. The molecule has 0 amide bonds. The third kappa shape index (κ3) is 2.54. The quantitative estimate of drug-likeness (QED) is 0.689. The number of hydrogen-bond acceptors (Lipinski definition) is 7. The maximum Gasteiger partial charge on any atom is 0.324 e. The summed E-state index contributed by atoms with van der Waals surface area (Å²) in [5.74, 6) is 0.792. The third-order valence-corrected chi connectivity index (χ3v) is 4.37. The second-order valence-electron chi connectivity index (χ2n) is 4.68. The average Bonchev–Trinajstić information content (AvgIpc) is 3.08. The number of thiophene rings is 1. The Morgan fingerprint density at radius 1 is 1.40 bits per heavy atom. The molecule has 0 spiro atoms. The highest BCUT2D eigenvalue weighted by Gasteiger charge is 2.36. The van der Waals surface area contributed by atoms with E-state index in [1.165, 1.54) is 6.07 Å². The normalized spacial score (nSPS) is 16.9. The molecule has 2 heterocycles. The van der Waals surface area contributed by atoms with E-state index in [4.69, 9.17) is 10.3 Å². The average molecular weight is 317 g/mol. The van der Waals surface area contributed by atoms with E-state index in [1.54, 1.807) is 6.07 Å². The zero-order chi connectivity index (χ0) is 13.5. The molecule has 0 saturated heterocycles. The lowest BCUT2D eigenvalue weighted by Crippen LogP contribution is -2.34. The van der Waals surface area contributed by atoms with Crippen LogP contribution in [0.25, 0.3) is 10.8 Å². The van der Waals surface area contributed by atoms with Crippen molar-refractivity contribution in [2.75, 3.05) is 0 Å². The highest BCUT2D eigenvalue weighted by atomic mass is 35.5. The Kier molecular flexibility index (Phi) is 4.07. The molecule has 0 bridgehead atoms. The first kappa shape index (κ1) is 14.9. The Morgan fingerprint density at radius 3 is 2.70 bits per heavy atom. The topological polar surface area (TPSA) is 108 Å². The number of aromatic nitrogens is 2. The highest BCUT2D eigenvalue weighted by Crippen LogP contribution is 2.37. The number of halogens is 1. The van der Waals surface area contributed by atoms with E-state index < -0.39 is 10.5 Å². The molecular weight excluding hydrogens is 304 g/mol. The van der Waals surface area contributed by atoms with Crippen molar-refractivity contribution in [1.29, 1.82) is 0 Å². The van der Waals surface area contributed by atoms with E-state index in [0.29, 0.717) is 16.6 Å². The van der Waals surface area contributed by atoms with Gasteiger partial charge in [-0.25, -0.2) is 0 Å². The van der Waals surface area contributed by atoms with Gasteiger partial charge in [-0.3, -0.25) is 10.1 Å². The summed E-state index contributed by atoms with van der Waals surface area (Å²) >= 11 is 1.01. The maximum absolute atomic E-state index is 10.6. The lowest BCUT2D eigenvalue weighted by atomic mass is 9.99. The van der Waals surface area contributed by atoms with Gasteiger partial charge in [-0.1, -0.05) is 29.3 Å². The number of nitrogens with zero attached hydrogens (tertiary/aromatic N) is 3. The molecule has 1 aliphatic carbocycles. The van der Waals surface area contributed by atoms with Gasteiger partial charge in [0.1, 0.15) is 0 Å². The van der Waals surface area contributed by atoms with Gasteiger partial charge in [0, 0.05) is 6.07 Å². The van der Waals surface area contributed by atoms with Gasteiger partial charge in [-0.15, -0.1) is 12.4 Å². The first-order valence-electron chi connectivity index (χ1n) is 5.96. The van der Waals surface area contributed by atoms with E-state index in [1.807, 2.05) is 0 Å². The maximum atomic E-state index is 10.6. The molecule has 1 saturated carbocycles. The summed E-state index contributed by atoms with van der Waals surface area (Å²) in [6.07, 6.45) is 3.81. The van der Waals surface area contributed by atoms with Crippen LogP contribution in [0, 0.1) is 10.1 Å². The molecule has 3 rings (SSSR count). The fourth-order valence-electron chi connectivity index (χ4n) is 2.30. The zero-order valence-corrected chi connectivity index (χ0v) is 12.1. The van der Waals surface area contributed by atoms with E-state index in [-0.39, 0.29) is 17.4 Å². The summed E-state index contributed by atoms with van der Waals surface area (Å²) in [6.45, 7) is 0. The standard InChI is InChI=1S/C11H12N4O3S.ClH/c12-11(5-1-2-6-11)10-13-9(18-14-10)7-3-4-8(19-7)15(16)17;/h3-4H,1-2,5-6,12H2;1H. The lowest BCUT2D eigenvalue weighted by molar-refractivity contribution is -0.380. The monoisotopic (exact) mass is 316 g/mol. The van der Waals surface area contributed by atoms with E-state index in [9.17, 15) is 10.1 Å². The zero-order valence-electron chi connectivity index (χ0n) is 10.4. The summed E-state index contributed by atoms with van der Waals surface area (Å²) < 4.78 is 5.17. The Morgan fingerprint density at radius 2 is 2.10 bits per heavy atom. The number of hydrogen-bond donors (Lipinski definition) is 1. The Bertz CT molecular complexity index is 621. The van der Waals surface area contributed by atoms with Crippen LogP contribution in [0.1, 0.15) is 31.5 Å². The highest BCUT2D eigenvalue weighted by molar-refractivity contribution is 7.18. The molecule has 0 aromatic carbocycles. The van der Waals surface area contributed by atoms with Gasteiger partial charge < -0.3 is 10.3 Å². The van der Waals surface area contributed by atoms with Gasteiger partial charge in [0.25, 0.3) is 5.89 Å². The van der Waals surface area contributed by atoms with Crippen molar-refractivity contribution in [2.24, 2.45) is 5.73 Å². The van der Waals surface area contributed by atoms with Gasteiger partial charge in [-0.2, -0.15) is 4.98 Å². The van der Waals surface area contributed by atoms with Crippen LogP contribution in [0.3, 0.4) is 0 Å². The van der Waals surface area contributed by atoms with Crippen molar-refractivity contribution in [1.82, 2.24) is 10.1 Å². The van der Waals surface area contributed by atoms with Crippen LogP contribution in [0.2, 0.25) is 0 Å². The third-order valence-electron chi connectivity index (χ3n) is 3.35. The molecular formula is C11H13ClN4O3S. The van der Waals surface area contributed by atoms with Crippen LogP contribution < -0.4 is 5.73 Å². The molecule has 0 radical (unpaired) electrons. The molecule has 0 aliphatic heterocycles. The van der Waals surface area contributed by atoms with E-state index >= 15 is 0 Å². The molecule has 0 atom stereocenters. The molecule has 108 valence electrons. The second kappa shape index (κ2) is 5.47. The van der Waals surface area contributed by atoms with Gasteiger partial charge in [0.15, 0.2) is 5.82 Å². The van der Waals surface area contributed by atoms with Crippen LogP contribution >= 0.6 is 23.7 Å². The SMILES string of the molecule is Cl.NC1(c2noc(-c3ccc([N+](=O)[O-])s3)n2)CCCC1. The molecule has 1 fully saturated rings. The molecule has 7 nitrogen and oxygen atoms in total. The first-order valence-corrected chi connectivity index (χ1v) is 6.78. The number of nitro groups is 1. The van der Waals surface area contributed by atoms with Crippen LogP contribution in [0.5, 0.6) is 0 Å². The fourth-order valence-corrected chi connectivity index (χ4v) is 3.04. The summed E-state index contributed by atoms with van der Waals surface area (Å²) in [5, 5.41) is 14.6. The van der Waals surface area contributed by atoms with Gasteiger partial charge in [-0.05, 0) is 18.9 Å². The Labute approximate surface area is 124 Å². The molecule has 9 heteroatoms. The van der Waals surface area contributed by atoms with E-state index in [2.05, 4.69) is 10.1 Å². The van der Waals surface area contributed by atoms with Crippen LogP contribution in [0.4, 0.5) is 5.00 Å². The second-order valence-corrected chi connectivity index (χ2v) is 5.74. The van der Waals surface area contributed by atoms with Crippen LogP contribution in [-0.2, 0) is 5.54 Å². The molecule has 0 unspecified atom stereocenters. The lowest BCUT2D eigenvalue weighted by Gasteiger charge is -2.17. The molecule has 2 N–H and O–H groups in total. The van der Waals surface area contributed by atoms with Crippen molar-refractivity contribution >= 4 is 28.7 Å². The molecule has 2 aromatic heterocycles. The summed E-state index contributed by atoms with van der Waals surface area (Å²) in [6, 6.07) is 3.04. The van der Waals surface area contributed by atoms with Crippen molar-refractivity contribution in [3.8, 4) is 10.8 Å². The largest absolute Gasteiger partial charge is 0.333 e. The number of nitrogens with two attached hydrogens (primary N) is 1. The minimum absolute atomic E-state index is 0. The van der Waals surface area contributed by atoms with E-state index in [0.717, 1.165) is 37.0 Å². The molecule has 20 heavy (non-hydrogen) atoms. The van der Waals surface area contributed by atoms with Crippen molar-refractivity contribution < 1.29 is 9.45 Å². The summed E-state index contributed by atoms with van der Waals surface area (Å²) in [4.78, 5) is 15.1. The van der Waals surface area contributed by atoms with Crippen molar-refractivity contribution in [2.45, 2.75) is 31.2 Å². The van der Waals surface area contributed by atoms with Gasteiger partial charge in [0.2, 0.25) is 0 Å². The fraction of sp³-hybridized carbons (Fsp3) is 0.455. The van der Waals surface area contributed by atoms with Crippen LogP contribution in [0.15, 0.2) is 16.7 Å². The van der Waals surface area contributed by atoms with Crippen molar-refractivity contribution in [3.05, 3.63) is 28.1 Å². The minimum Gasteiger partial charge on any atom is -0.333 e. The minimum atomic E-state index is -0.509. The Hall–Kier alpha value is -1.51. The summed E-state index contributed by atoms with van der Waals surface area (Å²) in [5.41, 5.74) is 5.73. The molecule has 2 aromatic rings. The number of rotatable bonds is 3. The molecule has 1 aliphatic rings. The Balaban J connectivity index is 0.00000147. The predicted molar refractivity (Wildman–Crippen MR) is 75.8 cm³/mol. The van der Waals surface area contributed by atoms with Crippen LogP contribution in [-0.4, -0.2) is 15.1 Å². The predicted octanol–water partition coefficient (Wildman–Crippen LogP) is 2.86. The first-order chi connectivity index (χ1) is 9.08. The van der Waals surface area contributed by atoms with Gasteiger partial charge >= 0.3 is 5.00 Å². The smallest absolute Gasteiger partial charge is 0.324 e. The van der Waals surface area contributed by atoms with Crippen molar-refractivity contribution in [3.63, 3.8) is 0 Å². The van der Waals surface area contributed by atoms with Gasteiger partial charge in [0.05, 0.1) is 15.3 Å².